The number of thiazole rings is 1. The number of hydrogen-bond acceptors (Lipinski definition) is 13. The number of carboxylic acid groups (broad SMARTS) is 1. The Kier molecular flexibility index (Phi) is 7.81. The third-order valence-electron chi connectivity index (χ3n) is 6.95. The zero-order valence-electron chi connectivity index (χ0n) is 21.6. The number of piperidine rings is 1. The molecule has 222 valence electrons. The van der Waals surface area contributed by atoms with Crippen LogP contribution >= 0.6 is 11.3 Å². The Labute approximate surface area is 237 Å². The molecule has 20 heteroatoms. The van der Waals surface area contributed by atoms with E-state index in [1.165, 1.54) is 11.6 Å². The lowest BCUT2D eigenvalue weighted by molar-refractivity contribution is -0.153. The first-order chi connectivity index (χ1) is 19.5. The fourth-order valence-corrected chi connectivity index (χ4v) is 6.02. The Morgan fingerprint density at radius 1 is 1.34 bits per heavy atom. The summed E-state index contributed by atoms with van der Waals surface area (Å²) in [4.78, 5) is 39.5. The van der Waals surface area contributed by atoms with Crippen molar-refractivity contribution in [2.24, 2.45) is 21.8 Å². The number of β-lactam (4-membered cyclic amide) rings is 1. The van der Waals surface area contributed by atoms with E-state index in [1.807, 2.05) is 0 Å². The highest BCUT2D eigenvalue weighted by Gasteiger charge is 2.58. The maximum absolute atomic E-state index is 13.0. The molecule has 2 aliphatic heterocycles. The van der Waals surface area contributed by atoms with E-state index in [0.29, 0.717) is 5.69 Å². The number of nitrogens with zero attached hydrogens (tertiary/aromatic N) is 7. The second-order valence-electron chi connectivity index (χ2n) is 9.86. The average Bonchev–Trinajstić information content (AvgIpc) is 3.37. The number of guanidine groups is 1. The summed E-state index contributed by atoms with van der Waals surface area (Å²) in [6.07, 6.45) is 3.66. The van der Waals surface area contributed by atoms with Gasteiger partial charge in [0.15, 0.2) is 11.1 Å². The second kappa shape index (κ2) is 11.2. The minimum Gasteiger partial charge on any atom is -0.478 e. The Morgan fingerprint density at radius 3 is 2.68 bits per heavy atom. The van der Waals surface area contributed by atoms with Crippen molar-refractivity contribution in [1.82, 2.24) is 34.9 Å². The normalized spacial score (nSPS) is 23.2. The summed E-state index contributed by atoms with van der Waals surface area (Å²) in [5.41, 5.74) is 10.6. The number of rotatable bonds is 11. The number of amides is 1. The minimum absolute atomic E-state index is 0.0920. The SMILES string of the molecule is NC(=NCc1cnn(CC2C(/C(=N\OC3(C(=O)O)CC3)c3csc(N)n3)C(=O)N2S(=O)(=O)O)n1)NC1CCNCC1. The van der Waals surface area contributed by atoms with Crippen molar-refractivity contribution < 1.29 is 32.5 Å². The number of carbonyl (C=O) groups is 2. The lowest BCUT2D eigenvalue weighted by Gasteiger charge is -2.43. The quantitative estimate of drug-likeness (QED) is 0.0535. The van der Waals surface area contributed by atoms with Gasteiger partial charge in [-0.05, 0) is 25.9 Å². The van der Waals surface area contributed by atoms with Gasteiger partial charge in [0.05, 0.1) is 25.3 Å². The predicted molar refractivity (Wildman–Crippen MR) is 144 cm³/mol. The standard InChI is InChI=1S/C21H29N11O7S2/c22-19(27-11-1-5-24-6-2-11)25-7-12-8-26-31(29-12)9-14-15(17(33)32(14)41(36,37)38)16(13-10-40-20(23)28-13)30-39-21(3-4-21)18(34)35/h8,10-11,14-15,24H,1-7,9H2,(H2,23,28)(H,34,35)(H3,22,25,27)(H,36,37,38)/b30-16-. The molecule has 8 N–H and O–H groups in total. The molecule has 3 fully saturated rings. The van der Waals surface area contributed by atoms with E-state index >= 15 is 0 Å². The molecule has 0 bridgehead atoms. The van der Waals surface area contributed by atoms with Crippen LogP contribution in [0.25, 0.3) is 0 Å². The van der Waals surface area contributed by atoms with Crippen LogP contribution < -0.4 is 22.1 Å². The average molecular weight is 612 g/mol. The second-order valence-corrected chi connectivity index (χ2v) is 12.0. The summed E-state index contributed by atoms with van der Waals surface area (Å²) in [5, 5.41) is 29.9. The van der Waals surface area contributed by atoms with E-state index in [2.05, 4.69) is 36.0 Å². The van der Waals surface area contributed by atoms with Crippen molar-refractivity contribution in [3.05, 3.63) is 23.0 Å². The summed E-state index contributed by atoms with van der Waals surface area (Å²) in [6, 6.07) is -1.02. The van der Waals surface area contributed by atoms with Gasteiger partial charge in [-0.2, -0.15) is 23.4 Å². The molecular weight excluding hydrogens is 582 g/mol. The van der Waals surface area contributed by atoms with Gasteiger partial charge in [-0.3, -0.25) is 9.35 Å². The molecule has 2 unspecified atom stereocenters. The number of nitrogens with two attached hydrogens (primary N) is 2. The van der Waals surface area contributed by atoms with Crippen LogP contribution in [0, 0.1) is 5.92 Å². The van der Waals surface area contributed by atoms with Crippen LogP contribution in [-0.2, 0) is 37.8 Å². The maximum Gasteiger partial charge on any atom is 0.362 e. The van der Waals surface area contributed by atoms with Gasteiger partial charge in [0.2, 0.25) is 11.5 Å². The molecule has 2 saturated heterocycles. The van der Waals surface area contributed by atoms with Gasteiger partial charge in [-0.15, -0.1) is 11.3 Å². The van der Waals surface area contributed by atoms with Gasteiger partial charge < -0.3 is 32.0 Å². The molecule has 1 aliphatic carbocycles. The van der Waals surface area contributed by atoms with Crippen LogP contribution in [0.2, 0.25) is 0 Å². The molecule has 2 atom stereocenters. The molecule has 5 rings (SSSR count). The minimum atomic E-state index is -4.97. The lowest BCUT2D eigenvalue weighted by atomic mass is 9.84. The summed E-state index contributed by atoms with van der Waals surface area (Å²) < 4.78 is 34.2. The van der Waals surface area contributed by atoms with Crippen molar-refractivity contribution in [3.8, 4) is 0 Å². The fourth-order valence-electron chi connectivity index (χ4n) is 4.59. The number of hydrogen-bond donors (Lipinski definition) is 6. The molecule has 1 saturated carbocycles. The van der Waals surface area contributed by atoms with Gasteiger partial charge in [-0.1, -0.05) is 5.16 Å². The van der Waals surface area contributed by atoms with E-state index < -0.39 is 39.7 Å². The van der Waals surface area contributed by atoms with Crippen LogP contribution in [-0.4, -0.2) is 96.7 Å². The predicted octanol–water partition coefficient (Wildman–Crippen LogP) is -1.86. The summed E-state index contributed by atoms with van der Waals surface area (Å²) in [5.74, 6) is -3.27. The first-order valence-corrected chi connectivity index (χ1v) is 14.9. The highest BCUT2D eigenvalue weighted by atomic mass is 32.2. The van der Waals surface area contributed by atoms with E-state index in [4.69, 9.17) is 16.3 Å². The highest BCUT2D eigenvalue weighted by molar-refractivity contribution is 7.84. The monoisotopic (exact) mass is 611 g/mol. The molecule has 4 heterocycles. The van der Waals surface area contributed by atoms with Crippen molar-refractivity contribution in [1.29, 1.82) is 0 Å². The summed E-state index contributed by atoms with van der Waals surface area (Å²) >= 11 is 1.04. The third-order valence-corrected chi connectivity index (χ3v) is 8.57. The van der Waals surface area contributed by atoms with E-state index in [1.54, 1.807) is 0 Å². The Hall–Kier alpha value is -3.88. The van der Waals surface area contributed by atoms with Gasteiger partial charge >= 0.3 is 16.3 Å². The van der Waals surface area contributed by atoms with Gasteiger partial charge in [0.1, 0.15) is 23.0 Å². The Bertz CT molecular complexity index is 1480. The van der Waals surface area contributed by atoms with E-state index in [9.17, 15) is 27.7 Å². The number of oxime groups is 1. The molecule has 41 heavy (non-hydrogen) atoms. The Morgan fingerprint density at radius 2 is 2.07 bits per heavy atom. The number of nitrogens with one attached hydrogen (secondary N) is 2. The van der Waals surface area contributed by atoms with Crippen LogP contribution in [0.5, 0.6) is 0 Å². The highest BCUT2D eigenvalue weighted by Crippen LogP contribution is 2.41. The number of aromatic nitrogens is 4. The largest absolute Gasteiger partial charge is 0.478 e. The molecular formula is C21H29N11O7S2. The molecule has 3 aliphatic rings. The van der Waals surface area contributed by atoms with Crippen molar-refractivity contribution >= 4 is 50.3 Å². The number of carbonyl (C=O) groups excluding carboxylic acids is 1. The molecule has 0 radical (unpaired) electrons. The zero-order valence-corrected chi connectivity index (χ0v) is 23.2. The maximum atomic E-state index is 13.0. The van der Waals surface area contributed by atoms with Crippen molar-refractivity contribution in [2.45, 2.75) is 56.5 Å². The topological polar surface area (TPSA) is 266 Å². The first-order valence-electron chi connectivity index (χ1n) is 12.6. The smallest absolute Gasteiger partial charge is 0.362 e. The number of carboxylic acids is 1. The zero-order chi connectivity index (χ0) is 29.4. The Balaban J connectivity index is 1.35. The van der Waals surface area contributed by atoms with Crippen molar-refractivity contribution in [3.63, 3.8) is 0 Å². The van der Waals surface area contributed by atoms with E-state index in [0.717, 1.165) is 42.1 Å². The summed E-state index contributed by atoms with van der Waals surface area (Å²) in [7, 11) is -4.97. The molecule has 0 spiro atoms. The molecule has 2 aromatic heterocycles. The van der Waals surface area contributed by atoms with Gasteiger partial charge in [0, 0.05) is 24.3 Å². The molecule has 2 aromatic rings. The fraction of sp³-hybridized carbons (Fsp3) is 0.571. The molecule has 0 aromatic carbocycles. The molecule has 1 amide bonds. The third kappa shape index (κ3) is 6.24. The number of anilines is 1. The van der Waals surface area contributed by atoms with Crippen LogP contribution in [0.1, 0.15) is 37.1 Å². The number of aliphatic carboxylic acids is 1. The van der Waals surface area contributed by atoms with Crippen molar-refractivity contribution in [2.75, 3.05) is 18.8 Å². The summed E-state index contributed by atoms with van der Waals surface area (Å²) in [6.45, 7) is 1.60. The number of aliphatic imine (C=N–C) groups is 1. The molecule has 18 nitrogen and oxygen atoms in total. The van der Waals surface area contributed by atoms with Crippen LogP contribution in [0.15, 0.2) is 21.7 Å². The van der Waals surface area contributed by atoms with Gasteiger partial charge in [0.25, 0.3) is 0 Å². The van der Waals surface area contributed by atoms with Crippen LogP contribution in [0.4, 0.5) is 5.13 Å². The van der Waals surface area contributed by atoms with E-state index in [-0.39, 0.29) is 58.8 Å². The number of nitrogen functional groups attached to an aromatic ring is 1. The lowest BCUT2D eigenvalue weighted by Crippen LogP contribution is -2.66. The van der Waals surface area contributed by atoms with Gasteiger partial charge in [-0.25, -0.2) is 19.1 Å². The van der Waals surface area contributed by atoms with Crippen LogP contribution in [0.3, 0.4) is 0 Å². The first kappa shape index (κ1) is 28.6.